The quantitative estimate of drug-likeness (QED) is 0.771. The van der Waals surface area contributed by atoms with Crippen LogP contribution in [0.3, 0.4) is 0 Å². The minimum atomic E-state index is -0.460. The minimum Gasteiger partial charge on any atom is -0.368 e. The highest BCUT2D eigenvalue weighted by Gasteiger charge is 2.32. The lowest BCUT2D eigenvalue weighted by atomic mass is 9.90. The van der Waals surface area contributed by atoms with Crippen LogP contribution in [0.5, 0.6) is 0 Å². The topological polar surface area (TPSA) is 78.7 Å². The maximum atomic E-state index is 12.8. The van der Waals surface area contributed by atoms with E-state index in [0.29, 0.717) is 13.1 Å². The van der Waals surface area contributed by atoms with Gasteiger partial charge in [0.05, 0.1) is 6.54 Å². The summed E-state index contributed by atoms with van der Waals surface area (Å²) in [6.45, 7) is 2.93. The number of fused-ring (bicyclic) bond motifs is 1. The largest absolute Gasteiger partial charge is 0.368 e. The molecule has 1 fully saturated rings. The SMILES string of the molecule is NC(=O)[C@H]1CN(Cc2ccccc2)CCN1CC(=O)Nc1cccc2c1CCCC2. The van der Waals surface area contributed by atoms with Crippen molar-refractivity contribution in [2.45, 2.75) is 38.3 Å². The Kier molecular flexibility index (Phi) is 6.45. The van der Waals surface area contributed by atoms with E-state index in [0.717, 1.165) is 38.0 Å². The van der Waals surface area contributed by atoms with Crippen LogP contribution in [0.4, 0.5) is 5.69 Å². The van der Waals surface area contributed by atoms with Gasteiger partial charge in [0.2, 0.25) is 11.8 Å². The van der Waals surface area contributed by atoms with Crippen molar-refractivity contribution in [2.24, 2.45) is 5.73 Å². The van der Waals surface area contributed by atoms with E-state index >= 15 is 0 Å². The van der Waals surface area contributed by atoms with Gasteiger partial charge < -0.3 is 11.1 Å². The van der Waals surface area contributed by atoms with Crippen molar-refractivity contribution < 1.29 is 9.59 Å². The average Bonchev–Trinajstić information content (AvgIpc) is 2.75. The summed E-state index contributed by atoms with van der Waals surface area (Å²) in [6.07, 6.45) is 4.45. The Morgan fingerprint density at radius 1 is 1.00 bits per heavy atom. The van der Waals surface area contributed by atoms with E-state index in [4.69, 9.17) is 5.73 Å². The molecule has 6 heteroatoms. The van der Waals surface area contributed by atoms with Crippen LogP contribution < -0.4 is 11.1 Å². The smallest absolute Gasteiger partial charge is 0.238 e. The molecule has 1 saturated heterocycles. The lowest BCUT2D eigenvalue weighted by molar-refractivity contribution is -0.127. The van der Waals surface area contributed by atoms with Crippen LogP contribution in [0.25, 0.3) is 0 Å². The zero-order valence-corrected chi connectivity index (χ0v) is 17.3. The molecular formula is C24H30N4O2. The van der Waals surface area contributed by atoms with E-state index in [9.17, 15) is 9.59 Å². The molecule has 0 saturated carbocycles. The Bertz CT molecular complexity index is 899. The van der Waals surface area contributed by atoms with E-state index in [1.165, 1.54) is 23.1 Å². The van der Waals surface area contributed by atoms with Gasteiger partial charge in [-0.2, -0.15) is 0 Å². The third kappa shape index (κ3) is 4.89. The molecule has 2 aromatic carbocycles. The molecule has 2 amide bonds. The standard InChI is InChI=1S/C24H30N4O2/c25-24(30)22-16-27(15-18-7-2-1-3-8-18)13-14-28(22)17-23(29)26-21-12-6-10-19-9-4-5-11-20(19)21/h1-3,6-8,10,12,22H,4-5,9,11,13-17H2,(H2,25,30)(H,26,29)/t22-/m1/s1. The van der Waals surface area contributed by atoms with Crippen molar-refractivity contribution in [3.63, 3.8) is 0 Å². The van der Waals surface area contributed by atoms with E-state index < -0.39 is 6.04 Å². The molecule has 0 unspecified atom stereocenters. The molecule has 4 rings (SSSR count). The van der Waals surface area contributed by atoms with Crippen molar-refractivity contribution in [3.05, 3.63) is 65.2 Å². The first-order chi connectivity index (χ1) is 14.6. The summed E-state index contributed by atoms with van der Waals surface area (Å²) in [5.41, 5.74) is 10.4. The Morgan fingerprint density at radius 2 is 1.80 bits per heavy atom. The van der Waals surface area contributed by atoms with Crippen LogP contribution in [0.2, 0.25) is 0 Å². The predicted molar refractivity (Wildman–Crippen MR) is 118 cm³/mol. The monoisotopic (exact) mass is 406 g/mol. The Labute approximate surface area is 178 Å². The van der Waals surface area contributed by atoms with Gasteiger partial charge in [-0.15, -0.1) is 0 Å². The summed E-state index contributed by atoms with van der Waals surface area (Å²) in [5, 5.41) is 3.08. The maximum absolute atomic E-state index is 12.8. The third-order valence-corrected chi connectivity index (χ3v) is 6.17. The van der Waals surface area contributed by atoms with E-state index in [2.05, 4.69) is 28.4 Å². The highest BCUT2D eigenvalue weighted by atomic mass is 16.2. The summed E-state index contributed by atoms with van der Waals surface area (Å²) < 4.78 is 0. The van der Waals surface area contributed by atoms with E-state index in [-0.39, 0.29) is 18.4 Å². The van der Waals surface area contributed by atoms with Gasteiger partial charge in [0.15, 0.2) is 0 Å². The number of carbonyl (C=O) groups is 2. The first-order valence-electron chi connectivity index (χ1n) is 10.8. The zero-order chi connectivity index (χ0) is 20.9. The molecule has 1 aliphatic carbocycles. The van der Waals surface area contributed by atoms with Gasteiger partial charge >= 0.3 is 0 Å². The zero-order valence-electron chi connectivity index (χ0n) is 17.3. The van der Waals surface area contributed by atoms with Crippen LogP contribution in [0.1, 0.15) is 29.5 Å². The number of primary amides is 1. The van der Waals surface area contributed by atoms with Crippen molar-refractivity contribution in [3.8, 4) is 0 Å². The predicted octanol–water partition coefficient (Wildman–Crippen LogP) is 2.18. The Morgan fingerprint density at radius 3 is 2.60 bits per heavy atom. The number of carbonyl (C=O) groups excluding carboxylic acids is 2. The summed E-state index contributed by atoms with van der Waals surface area (Å²) in [7, 11) is 0. The number of nitrogens with zero attached hydrogens (tertiary/aromatic N) is 2. The second-order valence-corrected chi connectivity index (χ2v) is 8.31. The molecule has 3 N–H and O–H groups in total. The molecule has 6 nitrogen and oxygen atoms in total. The summed E-state index contributed by atoms with van der Waals surface area (Å²) >= 11 is 0. The fourth-order valence-electron chi connectivity index (χ4n) is 4.59. The first-order valence-corrected chi connectivity index (χ1v) is 10.8. The number of rotatable bonds is 6. The van der Waals surface area contributed by atoms with Crippen LogP contribution in [0.15, 0.2) is 48.5 Å². The van der Waals surface area contributed by atoms with E-state index in [1.807, 2.05) is 35.2 Å². The van der Waals surface area contributed by atoms with Crippen molar-refractivity contribution in [2.75, 3.05) is 31.5 Å². The lowest BCUT2D eigenvalue weighted by Gasteiger charge is -2.39. The van der Waals surface area contributed by atoms with Crippen molar-refractivity contribution in [1.82, 2.24) is 9.80 Å². The molecule has 0 spiro atoms. The van der Waals surface area contributed by atoms with Gasteiger partial charge in [0, 0.05) is 31.9 Å². The van der Waals surface area contributed by atoms with Crippen LogP contribution >= 0.6 is 0 Å². The number of benzene rings is 2. The molecule has 158 valence electrons. The van der Waals surface area contributed by atoms with Gasteiger partial charge in [-0.25, -0.2) is 0 Å². The molecule has 0 bridgehead atoms. The van der Waals surface area contributed by atoms with Crippen molar-refractivity contribution >= 4 is 17.5 Å². The number of aryl methyl sites for hydroxylation is 1. The molecule has 2 aromatic rings. The molecule has 1 aliphatic heterocycles. The van der Waals surface area contributed by atoms with Gasteiger partial charge in [-0.1, -0.05) is 42.5 Å². The third-order valence-electron chi connectivity index (χ3n) is 6.17. The Hall–Kier alpha value is -2.70. The fraction of sp³-hybridized carbons (Fsp3) is 0.417. The lowest BCUT2D eigenvalue weighted by Crippen LogP contribution is -2.59. The number of anilines is 1. The molecule has 1 heterocycles. The Balaban J connectivity index is 1.38. The summed E-state index contributed by atoms with van der Waals surface area (Å²) in [5.74, 6) is -0.464. The van der Waals surface area contributed by atoms with E-state index in [1.54, 1.807) is 0 Å². The molecule has 30 heavy (non-hydrogen) atoms. The van der Waals surface area contributed by atoms with Gasteiger partial charge in [0.25, 0.3) is 0 Å². The number of amides is 2. The van der Waals surface area contributed by atoms with Crippen LogP contribution in [0, 0.1) is 0 Å². The van der Waals surface area contributed by atoms with Crippen LogP contribution in [-0.2, 0) is 29.0 Å². The molecule has 2 aliphatic rings. The number of hydrogen-bond acceptors (Lipinski definition) is 4. The van der Waals surface area contributed by atoms with Gasteiger partial charge in [-0.3, -0.25) is 19.4 Å². The second kappa shape index (κ2) is 9.41. The van der Waals surface area contributed by atoms with Gasteiger partial charge in [0.1, 0.15) is 6.04 Å². The maximum Gasteiger partial charge on any atom is 0.238 e. The number of nitrogens with two attached hydrogens (primary N) is 1. The molecule has 0 radical (unpaired) electrons. The second-order valence-electron chi connectivity index (χ2n) is 8.31. The number of nitrogens with one attached hydrogen (secondary N) is 1. The summed E-state index contributed by atoms with van der Waals surface area (Å²) in [4.78, 5) is 29.0. The molecule has 0 aromatic heterocycles. The van der Waals surface area contributed by atoms with Gasteiger partial charge in [-0.05, 0) is 48.4 Å². The fourth-order valence-corrected chi connectivity index (χ4v) is 4.59. The highest BCUT2D eigenvalue weighted by Crippen LogP contribution is 2.28. The highest BCUT2D eigenvalue weighted by molar-refractivity contribution is 5.93. The number of hydrogen-bond donors (Lipinski definition) is 2. The van der Waals surface area contributed by atoms with Crippen LogP contribution in [-0.4, -0.2) is 53.8 Å². The minimum absolute atomic E-state index is 0.0864. The molecule has 1 atom stereocenters. The average molecular weight is 407 g/mol. The first kappa shape index (κ1) is 20.6. The molecular weight excluding hydrogens is 376 g/mol. The number of piperazine rings is 1. The normalized spacial score (nSPS) is 19.8. The van der Waals surface area contributed by atoms with Crippen molar-refractivity contribution in [1.29, 1.82) is 0 Å². The summed E-state index contributed by atoms with van der Waals surface area (Å²) in [6, 6.07) is 15.9.